The molecule has 0 aromatic heterocycles. The molecule has 2 aromatic carbocycles. The van der Waals surface area contributed by atoms with Gasteiger partial charge < -0.3 is 14.8 Å². The molecule has 0 bridgehead atoms. The van der Waals surface area contributed by atoms with E-state index < -0.39 is 28.2 Å². The van der Waals surface area contributed by atoms with Crippen molar-refractivity contribution < 1.29 is 32.3 Å². The number of amides is 1. The van der Waals surface area contributed by atoms with Gasteiger partial charge in [-0.3, -0.25) is 9.59 Å². The second kappa shape index (κ2) is 7.20. The zero-order chi connectivity index (χ0) is 19.6. The smallest absolute Gasteiger partial charge is 0.339 e. The Hall–Kier alpha value is -3.20. The fourth-order valence-corrected chi connectivity index (χ4v) is 3.38. The molecule has 0 saturated carbocycles. The number of rotatable bonds is 5. The minimum Gasteiger partial charge on any atom is -0.482 e. The summed E-state index contributed by atoms with van der Waals surface area (Å²) in [6.07, 6.45) is 0.980. The van der Waals surface area contributed by atoms with E-state index in [9.17, 15) is 22.8 Å². The average Bonchev–Trinajstić information content (AvgIpc) is 2.64. The summed E-state index contributed by atoms with van der Waals surface area (Å²) in [5.41, 5.74) is 0.425. The molecule has 2 aromatic rings. The van der Waals surface area contributed by atoms with Crippen LogP contribution < -0.4 is 10.1 Å². The summed E-state index contributed by atoms with van der Waals surface area (Å²) in [6, 6.07) is 10.0. The highest BCUT2D eigenvalue weighted by Crippen LogP contribution is 2.28. The first kappa shape index (κ1) is 18.6. The highest BCUT2D eigenvalue weighted by Gasteiger charge is 2.21. The molecule has 0 fully saturated rings. The molecule has 27 heavy (non-hydrogen) atoms. The van der Waals surface area contributed by atoms with E-state index in [1.165, 1.54) is 42.5 Å². The number of hydrogen-bond donors (Lipinski definition) is 1. The lowest BCUT2D eigenvalue weighted by Gasteiger charge is -2.18. The first-order valence-corrected chi connectivity index (χ1v) is 9.71. The van der Waals surface area contributed by atoms with E-state index in [-0.39, 0.29) is 28.5 Å². The zero-order valence-corrected chi connectivity index (χ0v) is 15.0. The van der Waals surface area contributed by atoms with Crippen molar-refractivity contribution in [3.63, 3.8) is 0 Å². The maximum absolute atomic E-state index is 12.3. The standard InChI is InChI=1S/C18H15NO7S/c1-27(23,24)16-5-3-2-4-12(16)18(22)26-9-14(20)11-6-7-15-13(8-11)19-17(21)10-25-15/h2-8H,9-10H2,1H3,(H,19,21). The number of sulfone groups is 1. The number of Topliss-reactive ketones (excluding diaryl/α,β-unsaturated/α-hetero) is 1. The molecule has 0 atom stereocenters. The van der Waals surface area contributed by atoms with Gasteiger partial charge in [-0.2, -0.15) is 0 Å². The second-order valence-corrected chi connectivity index (χ2v) is 7.80. The van der Waals surface area contributed by atoms with Gasteiger partial charge in [0.05, 0.1) is 16.1 Å². The van der Waals surface area contributed by atoms with E-state index in [4.69, 9.17) is 9.47 Å². The Balaban J connectivity index is 1.73. The number of carbonyl (C=O) groups is 3. The van der Waals surface area contributed by atoms with Gasteiger partial charge in [0, 0.05) is 11.8 Å². The molecule has 0 aliphatic carbocycles. The van der Waals surface area contributed by atoms with Crippen LogP contribution in [0, 0.1) is 0 Å². The first-order chi connectivity index (χ1) is 12.8. The monoisotopic (exact) mass is 389 g/mol. The van der Waals surface area contributed by atoms with Gasteiger partial charge in [-0.15, -0.1) is 0 Å². The number of hydrogen-bond acceptors (Lipinski definition) is 7. The third-order valence-corrected chi connectivity index (χ3v) is 4.93. The topological polar surface area (TPSA) is 116 Å². The number of fused-ring (bicyclic) bond motifs is 1. The van der Waals surface area contributed by atoms with Crippen LogP contribution in [0.3, 0.4) is 0 Å². The second-order valence-electron chi connectivity index (χ2n) is 5.82. The van der Waals surface area contributed by atoms with Gasteiger partial charge in [0.2, 0.25) is 0 Å². The van der Waals surface area contributed by atoms with Gasteiger partial charge in [-0.25, -0.2) is 13.2 Å². The Morgan fingerprint density at radius 3 is 2.67 bits per heavy atom. The molecule has 0 saturated heterocycles. The SMILES string of the molecule is CS(=O)(=O)c1ccccc1C(=O)OCC(=O)c1ccc2c(c1)NC(=O)CO2. The largest absolute Gasteiger partial charge is 0.482 e. The van der Waals surface area contributed by atoms with Crippen molar-refractivity contribution in [3.05, 3.63) is 53.6 Å². The van der Waals surface area contributed by atoms with Crippen LogP contribution in [0.25, 0.3) is 0 Å². The van der Waals surface area contributed by atoms with Crippen LogP contribution in [0.15, 0.2) is 47.4 Å². The molecule has 1 aliphatic heterocycles. The van der Waals surface area contributed by atoms with E-state index in [0.717, 1.165) is 6.26 Å². The van der Waals surface area contributed by atoms with Gasteiger partial charge in [-0.05, 0) is 30.3 Å². The van der Waals surface area contributed by atoms with Crippen molar-refractivity contribution in [2.45, 2.75) is 4.90 Å². The van der Waals surface area contributed by atoms with Crippen molar-refractivity contribution in [2.24, 2.45) is 0 Å². The fraction of sp³-hybridized carbons (Fsp3) is 0.167. The molecule has 1 heterocycles. The lowest BCUT2D eigenvalue weighted by molar-refractivity contribution is -0.118. The molecule has 0 unspecified atom stereocenters. The normalized spacial score (nSPS) is 13.1. The number of nitrogens with one attached hydrogen (secondary N) is 1. The lowest BCUT2D eigenvalue weighted by Crippen LogP contribution is -2.25. The highest BCUT2D eigenvalue weighted by molar-refractivity contribution is 7.90. The predicted molar refractivity (Wildman–Crippen MR) is 94.7 cm³/mol. The maximum Gasteiger partial charge on any atom is 0.339 e. The molecule has 1 aliphatic rings. The Bertz CT molecular complexity index is 1040. The van der Waals surface area contributed by atoms with Crippen LogP contribution in [0.2, 0.25) is 0 Å². The summed E-state index contributed by atoms with van der Waals surface area (Å²) in [7, 11) is -3.62. The van der Waals surface area contributed by atoms with Gasteiger partial charge in [-0.1, -0.05) is 12.1 Å². The molecular weight excluding hydrogens is 374 g/mol. The minimum atomic E-state index is -3.62. The van der Waals surface area contributed by atoms with Gasteiger partial charge in [0.1, 0.15) is 5.75 Å². The average molecular weight is 389 g/mol. The zero-order valence-electron chi connectivity index (χ0n) is 14.2. The number of benzene rings is 2. The summed E-state index contributed by atoms with van der Waals surface area (Å²) in [5, 5.41) is 2.58. The molecule has 9 heteroatoms. The van der Waals surface area contributed by atoms with E-state index in [1.54, 1.807) is 0 Å². The molecule has 0 radical (unpaired) electrons. The van der Waals surface area contributed by atoms with Crippen molar-refractivity contribution in [1.29, 1.82) is 0 Å². The fourth-order valence-electron chi connectivity index (χ4n) is 2.51. The third kappa shape index (κ3) is 4.14. The summed E-state index contributed by atoms with van der Waals surface area (Å²) in [6.45, 7) is -0.678. The third-order valence-electron chi connectivity index (χ3n) is 3.78. The van der Waals surface area contributed by atoms with E-state index in [0.29, 0.717) is 11.4 Å². The van der Waals surface area contributed by atoms with E-state index in [1.807, 2.05) is 0 Å². The van der Waals surface area contributed by atoms with E-state index >= 15 is 0 Å². The quantitative estimate of drug-likeness (QED) is 0.608. The first-order valence-electron chi connectivity index (χ1n) is 7.82. The number of carbonyl (C=O) groups excluding carboxylic acids is 3. The lowest BCUT2D eigenvalue weighted by atomic mass is 10.1. The molecule has 0 spiro atoms. The van der Waals surface area contributed by atoms with Crippen LogP contribution in [-0.2, 0) is 19.4 Å². The molecule has 1 N–H and O–H groups in total. The summed E-state index contributed by atoms with van der Waals surface area (Å²) in [4.78, 5) is 35.7. The predicted octanol–water partition coefficient (Wildman–Crippen LogP) is 1.46. The van der Waals surface area contributed by atoms with E-state index in [2.05, 4.69) is 5.32 Å². The van der Waals surface area contributed by atoms with Crippen molar-refractivity contribution in [2.75, 3.05) is 24.8 Å². The molecule has 140 valence electrons. The Kier molecular flexibility index (Phi) is 4.95. The van der Waals surface area contributed by atoms with Crippen molar-refractivity contribution in [3.8, 4) is 5.75 Å². The summed E-state index contributed by atoms with van der Waals surface area (Å²) >= 11 is 0. The van der Waals surface area contributed by atoms with Crippen LogP contribution >= 0.6 is 0 Å². The molecule has 3 rings (SSSR count). The molecular formula is C18H15NO7S. The molecule has 1 amide bonds. The van der Waals surface area contributed by atoms with Crippen LogP contribution in [0.4, 0.5) is 5.69 Å². The number of esters is 1. The van der Waals surface area contributed by atoms with Crippen LogP contribution in [-0.4, -0.2) is 45.5 Å². The Morgan fingerprint density at radius 2 is 1.93 bits per heavy atom. The molecule has 8 nitrogen and oxygen atoms in total. The highest BCUT2D eigenvalue weighted by atomic mass is 32.2. The summed E-state index contributed by atoms with van der Waals surface area (Å²) < 4.78 is 33.7. The summed E-state index contributed by atoms with van der Waals surface area (Å²) in [5.74, 6) is -1.33. The Labute approximate surface area is 155 Å². The maximum atomic E-state index is 12.3. The minimum absolute atomic E-state index is 0.0996. The van der Waals surface area contributed by atoms with Crippen molar-refractivity contribution >= 4 is 33.2 Å². The van der Waals surface area contributed by atoms with Crippen LogP contribution in [0.5, 0.6) is 5.75 Å². The Morgan fingerprint density at radius 1 is 1.19 bits per heavy atom. The number of ether oxygens (including phenoxy) is 2. The number of anilines is 1. The van der Waals surface area contributed by atoms with Gasteiger partial charge >= 0.3 is 5.97 Å². The van der Waals surface area contributed by atoms with Gasteiger partial charge in [0.15, 0.2) is 28.8 Å². The van der Waals surface area contributed by atoms with Crippen LogP contribution in [0.1, 0.15) is 20.7 Å². The number of ketones is 1. The van der Waals surface area contributed by atoms with Crippen molar-refractivity contribution in [1.82, 2.24) is 0 Å². The van der Waals surface area contributed by atoms with Gasteiger partial charge in [0.25, 0.3) is 5.91 Å².